The van der Waals surface area contributed by atoms with Gasteiger partial charge in [-0.25, -0.2) is 4.79 Å². The van der Waals surface area contributed by atoms with E-state index in [4.69, 9.17) is 0 Å². The first kappa shape index (κ1) is 13.3. The largest absolute Gasteiger partial charge is 0.478 e. The molecule has 0 aliphatic heterocycles. The lowest BCUT2D eigenvalue weighted by atomic mass is 9.90. The average Bonchev–Trinajstić information content (AvgIpc) is 2.38. The molecule has 0 aliphatic rings. The number of benzene rings is 1. The maximum absolute atomic E-state index is 11.4. The van der Waals surface area contributed by atoms with Gasteiger partial charge < -0.3 is 5.11 Å². The third-order valence-corrected chi connectivity index (χ3v) is 3.23. The molecule has 0 atom stereocenters. The van der Waals surface area contributed by atoms with Crippen molar-refractivity contribution in [3.05, 3.63) is 53.3 Å². The Hall–Kier alpha value is -2.16. The summed E-state index contributed by atoms with van der Waals surface area (Å²) < 4.78 is 0. The molecule has 2 aromatic rings. The molecule has 0 unspecified atom stereocenters. The molecule has 0 saturated heterocycles. The highest BCUT2D eigenvalue weighted by Crippen LogP contribution is 2.30. The van der Waals surface area contributed by atoms with Gasteiger partial charge >= 0.3 is 5.97 Å². The summed E-state index contributed by atoms with van der Waals surface area (Å²) in [6.07, 6.45) is 3.38. The second-order valence-electron chi connectivity index (χ2n) is 4.96. The smallest absolute Gasteiger partial charge is 0.336 e. The molecule has 1 aromatic carbocycles. The fourth-order valence-corrected chi connectivity index (χ4v) is 2.28. The molecule has 0 amide bonds. The second kappa shape index (κ2) is 5.22. The zero-order valence-electron chi connectivity index (χ0n) is 11.3. The standard InChI is InChI=1S/C16H17NO2/c1-10(2)13-8-14(12-5-4-6-17-9-12)15(16(18)19)7-11(13)3/h4-10H,1-3H3,(H,18,19). The Balaban J connectivity index is 2.70. The van der Waals surface area contributed by atoms with Gasteiger partial charge in [-0.15, -0.1) is 0 Å². The molecule has 1 N–H and O–H groups in total. The fourth-order valence-electron chi connectivity index (χ4n) is 2.28. The molecule has 1 heterocycles. The van der Waals surface area contributed by atoms with Gasteiger partial charge in [0.2, 0.25) is 0 Å². The molecule has 3 nitrogen and oxygen atoms in total. The van der Waals surface area contributed by atoms with Crippen molar-refractivity contribution < 1.29 is 9.90 Å². The normalized spacial score (nSPS) is 10.7. The van der Waals surface area contributed by atoms with Gasteiger partial charge in [-0.1, -0.05) is 19.9 Å². The molecule has 0 saturated carbocycles. The van der Waals surface area contributed by atoms with Crippen molar-refractivity contribution in [1.82, 2.24) is 4.98 Å². The summed E-state index contributed by atoms with van der Waals surface area (Å²) in [6.45, 7) is 6.17. The molecule has 3 heteroatoms. The third-order valence-electron chi connectivity index (χ3n) is 3.23. The highest BCUT2D eigenvalue weighted by atomic mass is 16.4. The van der Waals surface area contributed by atoms with Gasteiger partial charge in [0.05, 0.1) is 5.56 Å². The third kappa shape index (κ3) is 2.65. The second-order valence-corrected chi connectivity index (χ2v) is 4.96. The Labute approximate surface area is 112 Å². The molecular weight excluding hydrogens is 238 g/mol. The van der Waals surface area contributed by atoms with E-state index in [0.29, 0.717) is 11.5 Å². The number of hydrogen-bond acceptors (Lipinski definition) is 2. The van der Waals surface area contributed by atoms with E-state index < -0.39 is 5.97 Å². The summed E-state index contributed by atoms with van der Waals surface area (Å²) >= 11 is 0. The van der Waals surface area contributed by atoms with Gasteiger partial charge in [0, 0.05) is 18.0 Å². The van der Waals surface area contributed by atoms with Gasteiger partial charge in [0.1, 0.15) is 0 Å². The number of carbonyl (C=O) groups is 1. The number of rotatable bonds is 3. The van der Waals surface area contributed by atoms with Crippen LogP contribution in [0.25, 0.3) is 11.1 Å². The molecule has 0 bridgehead atoms. The van der Waals surface area contributed by atoms with Crippen LogP contribution in [0.5, 0.6) is 0 Å². The van der Waals surface area contributed by atoms with Crippen molar-refractivity contribution in [2.24, 2.45) is 0 Å². The maximum atomic E-state index is 11.4. The predicted molar refractivity (Wildman–Crippen MR) is 75.5 cm³/mol. The van der Waals surface area contributed by atoms with Crippen LogP contribution in [0.2, 0.25) is 0 Å². The van der Waals surface area contributed by atoms with E-state index in [2.05, 4.69) is 18.8 Å². The van der Waals surface area contributed by atoms with Crippen LogP contribution in [0.3, 0.4) is 0 Å². The maximum Gasteiger partial charge on any atom is 0.336 e. The lowest BCUT2D eigenvalue weighted by Crippen LogP contribution is -2.03. The van der Waals surface area contributed by atoms with Crippen LogP contribution in [-0.2, 0) is 0 Å². The van der Waals surface area contributed by atoms with E-state index in [0.717, 1.165) is 16.7 Å². The summed E-state index contributed by atoms with van der Waals surface area (Å²) in [5.41, 5.74) is 4.08. The summed E-state index contributed by atoms with van der Waals surface area (Å²) in [4.78, 5) is 15.5. The van der Waals surface area contributed by atoms with E-state index >= 15 is 0 Å². The van der Waals surface area contributed by atoms with Gasteiger partial charge in [0.25, 0.3) is 0 Å². The highest BCUT2D eigenvalue weighted by Gasteiger charge is 2.16. The van der Waals surface area contributed by atoms with Crippen molar-refractivity contribution in [2.45, 2.75) is 26.7 Å². The molecule has 1 aromatic heterocycles. The van der Waals surface area contributed by atoms with Crippen LogP contribution in [0, 0.1) is 6.92 Å². The topological polar surface area (TPSA) is 50.2 Å². The molecule has 0 aliphatic carbocycles. The number of pyridine rings is 1. The first-order chi connectivity index (χ1) is 9.00. The summed E-state index contributed by atoms with van der Waals surface area (Å²) in [5, 5.41) is 9.36. The van der Waals surface area contributed by atoms with Crippen LogP contribution in [-0.4, -0.2) is 16.1 Å². The van der Waals surface area contributed by atoms with E-state index in [1.807, 2.05) is 25.1 Å². The molecule has 0 spiro atoms. The van der Waals surface area contributed by atoms with Gasteiger partial charge in [-0.2, -0.15) is 0 Å². The predicted octanol–water partition coefficient (Wildman–Crippen LogP) is 3.88. The Bertz CT molecular complexity index is 604. The number of aryl methyl sites for hydroxylation is 1. The molecular formula is C16H17NO2. The first-order valence-electron chi connectivity index (χ1n) is 6.29. The Morgan fingerprint density at radius 2 is 2.05 bits per heavy atom. The van der Waals surface area contributed by atoms with E-state index in [9.17, 15) is 9.90 Å². The van der Waals surface area contributed by atoms with E-state index in [1.165, 1.54) is 5.56 Å². The van der Waals surface area contributed by atoms with Crippen LogP contribution in [0.15, 0.2) is 36.7 Å². The fraction of sp³-hybridized carbons (Fsp3) is 0.250. The zero-order valence-corrected chi connectivity index (χ0v) is 11.3. The first-order valence-corrected chi connectivity index (χ1v) is 6.29. The molecule has 19 heavy (non-hydrogen) atoms. The SMILES string of the molecule is Cc1cc(C(=O)O)c(-c2cccnc2)cc1C(C)C. The minimum Gasteiger partial charge on any atom is -0.478 e. The van der Waals surface area contributed by atoms with Gasteiger partial charge in [-0.3, -0.25) is 4.98 Å². The summed E-state index contributed by atoms with van der Waals surface area (Å²) in [6, 6.07) is 7.42. The van der Waals surface area contributed by atoms with Crippen molar-refractivity contribution >= 4 is 5.97 Å². The van der Waals surface area contributed by atoms with Crippen LogP contribution < -0.4 is 0 Å². The van der Waals surface area contributed by atoms with E-state index in [1.54, 1.807) is 18.5 Å². The Kier molecular flexibility index (Phi) is 3.65. The Morgan fingerprint density at radius 3 is 2.58 bits per heavy atom. The van der Waals surface area contributed by atoms with Crippen molar-refractivity contribution in [3.8, 4) is 11.1 Å². The monoisotopic (exact) mass is 255 g/mol. The number of carboxylic acid groups (broad SMARTS) is 1. The van der Waals surface area contributed by atoms with Crippen molar-refractivity contribution in [3.63, 3.8) is 0 Å². The van der Waals surface area contributed by atoms with Crippen LogP contribution in [0.4, 0.5) is 0 Å². The van der Waals surface area contributed by atoms with Gasteiger partial charge in [-0.05, 0) is 47.7 Å². The van der Waals surface area contributed by atoms with Crippen molar-refractivity contribution in [2.75, 3.05) is 0 Å². The van der Waals surface area contributed by atoms with E-state index in [-0.39, 0.29) is 0 Å². The quantitative estimate of drug-likeness (QED) is 0.905. The number of nitrogens with zero attached hydrogens (tertiary/aromatic N) is 1. The lowest BCUT2D eigenvalue weighted by Gasteiger charge is -2.15. The minimum absolute atomic E-state index is 0.329. The Morgan fingerprint density at radius 1 is 1.32 bits per heavy atom. The molecule has 2 rings (SSSR count). The van der Waals surface area contributed by atoms with Gasteiger partial charge in [0.15, 0.2) is 0 Å². The molecule has 0 radical (unpaired) electrons. The summed E-state index contributed by atoms with van der Waals surface area (Å²) in [7, 11) is 0. The zero-order chi connectivity index (χ0) is 14.0. The summed E-state index contributed by atoms with van der Waals surface area (Å²) in [5.74, 6) is -0.546. The minimum atomic E-state index is -0.905. The molecule has 0 fully saturated rings. The average molecular weight is 255 g/mol. The van der Waals surface area contributed by atoms with Crippen LogP contribution >= 0.6 is 0 Å². The van der Waals surface area contributed by atoms with Crippen molar-refractivity contribution in [1.29, 1.82) is 0 Å². The number of aromatic carboxylic acids is 1. The highest BCUT2D eigenvalue weighted by molar-refractivity contribution is 5.96. The lowest BCUT2D eigenvalue weighted by molar-refractivity contribution is 0.0697. The molecule has 98 valence electrons. The van der Waals surface area contributed by atoms with Crippen LogP contribution in [0.1, 0.15) is 41.3 Å². The number of aromatic nitrogens is 1. The number of carboxylic acids is 1. The number of hydrogen-bond donors (Lipinski definition) is 1.